The Bertz CT molecular complexity index is 590. The number of fused-ring (bicyclic) bond motifs is 1. The zero-order valence-corrected chi connectivity index (χ0v) is 15.4. The molecule has 1 aromatic rings. The van der Waals surface area contributed by atoms with Crippen LogP contribution in [0.3, 0.4) is 0 Å². The predicted octanol–water partition coefficient (Wildman–Crippen LogP) is 2.24. The number of hydrogen-bond donors (Lipinski definition) is 2. The number of aliphatic hydroxyl groups is 1. The SMILES string of the molecule is CC[C@H](CNC(=O)N1CC[C@@H]([C@@H](C)O)C1)N1CCc2ccccc2C1. The number of amides is 2. The fourth-order valence-electron chi connectivity index (χ4n) is 4.04. The maximum absolute atomic E-state index is 12.4. The zero-order chi connectivity index (χ0) is 17.8. The number of rotatable bonds is 5. The van der Waals surface area contributed by atoms with Crippen molar-refractivity contribution in [2.45, 2.75) is 51.8 Å². The van der Waals surface area contributed by atoms with Gasteiger partial charge in [0.2, 0.25) is 0 Å². The molecule has 2 aliphatic rings. The first-order chi connectivity index (χ1) is 12.1. The fraction of sp³-hybridized carbons (Fsp3) is 0.650. The van der Waals surface area contributed by atoms with Crippen molar-refractivity contribution in [2.24, 2.45) is 5.92 Å². The Morgan fingerprint density at radius 1 is 1.32 bits per heavy atom. The summed E-state index contributed by atoms with van der Waals surface area (Å²) >= 11 is 0. The summed E-state index contributed by atoms with van der Waals surface area (Å²) in [5, 5.41) is 12.8. The quantitative estimate of drug-likeness (QED) is 0.860. The van der Waals surface area contributed by atoms with Gasteiger partial charge in [-0.15, -0.1) is 0 Å². The highest BCUT2D eigenvalue weighted by Gasteiger charge is 2.29. The molecule has 25 heavy (non-hydrogen) atoms. The van der Waals surface area contributed by atoms with E-state index in [9.17, 15) is 9.90 Å². The molecule has 138 valence electrons. The van der Waals surface area contributed by atoms with Crippen LogP contribution in [0, 0.1) is 5.92 Å². The van der Waals surface area contributed by atoms with Crippen LogP contribution in [-0.2, 0) is 13.0 Å². The first-order valence-corrected chi connectivity index (χ1v) is 9.60. The monoisotopic (exact) mass is 345 g/mol. The second kappa shape index (κ2) is 8.19. The van der Waals surface area contributed by atoms with Crippen LogP contribution in [0.25, 0.3) is 0 Å². The molecule has 1 saturated heterocycles. The van der Waals surface area contributed by atoms with Crippen molar-refractivity contribution < 1.29 is 9.90 Å². The van der Waals surface area contributed by atoms with Gasteiger partial charge in [-0.2, -0.15) is 0 Å². The third kappa shape index (κ3) is 4.33. The average Bonchev–Trinajstić information content (AvgIpc) is 3.12. The number of likely N-dealkylation sites (tertiary alicyclic amines) is 1. The minimum absolute atomic E-state index is 0.0130. The number of nitrogens with zero attached hydrogens (tertiary/aromatic N) is 2. The molecule has 0 saturated carbocycles. The van der Waals surface area contributed by atoms with Crippen LogP contribution < -0.4 is 5.32 Å². The van der Waals surface area contributed by atoms with Crippen LogP contribution in [0.1, 0.15) is 37.8 Å². The number of urea groups is 1. The van der Waals surface area contributed by atoms with Crippen LogP contribution in [0.2, 0.25) is 0 Å². The first kappa shape index (κ1) is 18.2. The summed E-state index contributed by atoms with van der Waals surface area (Å²) in [6.45, 7) is 8.13. The molecule has 1 aromatic carbocycles. The lowest BCUT2D eigenvalue weighted by Gasteiger charge is -2.35. The normalized spacial score (nSPS) is 23.2. The van der Waals surface area contributed by atoms with E-state index in [1.165, 1.54) is 11.1 Å². The van der Waals surface area contributed by atoms with Gasteiger partial charge in [0.1, 0.15) is 0 Å². The Morgan fingerprint density at radius 2 is 2.08 bits per heavy atom. The van der Waals surface area contributed by atoms with E-state index in [0.717, 1.165) is 38.9 Å². The van der Waals surface area contributed by atoms with E-state index in [1.54, 1.807) is 0 Å². The topological polar surface area (TPSA) is 55.8 Å². The fourth-order valence-corrected chi connectivity index (χ4v) is 4.04. The molecule has 3 atom stereocenters. The van der Waals surface area contributed by atoms with Crippen molar-refractivity contribution in [1.82, 2.24) is 15.1 Å². The number of benzene rings is 1. The molecule has 5 nitrogen and oxygen atoms in total. The van der Waals surface area contributed by atoms with Gasteiger partial charge in [0.25, 0.3) is 0 Å². The van der Waals surface area contributed by atoms with E-state index in [-0.39, 0.29) is 18.1 Å². The van der Waals surface area contributed by atoms with Gasteiger partial charge in [-0.05, 0) is 37.3 Å². The van der Waals surface area contributed by atoms with Gasteiger partial charge in [0.15, 0.2) is 0 Å². The van der Waals surface area contributed by atoms with E-state index >= 15 is 0 Å². The number of nitrogens with one attached hydrogen (secondary N) is 1. The minimum Gasteiger partial charge on any atom is -0.393 e. The van der Waals surface area contributed by atoms with E-state index in [1.807, 2.05) is 11.8 Å². The largest absolute Gasteiger partial charge is 0.393 e. The van der Waals surface area contributed by atoms with E-state index in [0.29, 0.717) is 19.1 Å². The van der Waals surface area contributed by atoms with Crippen molar-refractivity contribution >= 4 is 6.03 Å². The second-order valence-electron chi connectivity index (χ2n) is 7.47. The van der Waals surface area contributed by atoms with Crippen LogP contribution in [-0.4, -0.2) is 59.3 Å². The first-order valence-electron chi connectivity index (χ1n) is 9.60. The lowest BCUT2D eigenvalue weighted by molar-refractivity contribution is 0.128. The molecule has 2 N–H and O–H groups in total. The molecule has 1 fully saturated rings. The maximum atomic E-state index is 12.4. The number of carbonyl (C=O) groups excluding carboxylic acids is 1. The summed E-state index contributed by atoms with van der Waals surface area (Å²) < 4.78 is 0. The Balaban J connectivity index is 1.51. The van der Waals surface area contributed by atoms with Gasteiger partial charge in [-0.1, -0.05) is 31.2 Å². The third-order valence-corrected chi connectivity index (χ3v) is 5.83. The van der Waals surface area contributed by atoms with Crippen molar-refractivity contribution in [1.29, 1.82) is 0 Å². The Labute approximate surface area is 151 Å². The summed E-state index contributed by atoms with van der Waals surface area (Å²) in [5.74, 6) is 0.214. The number of hydrogen-bond acceptors (Lipinski definition) is 3. The Kier molecular flexibility index (Phi) is 5.97. The van der Waals surface area contributed by atoms with Gasteiger partial charge in [-0.3, -0.25) is 4.90 Å². The summed E-state index contributed by atoms with van der Waals surface area (Å²) in [6, 6.07) is 9.04. The summed E-state index contributed by atoms with van der Waals surface area (Å²) in [6.07, 6.45) is 2.67. The van der Waals surface area contributed by atoms with Crippen LogP contribution in [0.5, 0.6) is 0 Å². The van der Waals surface area contributed by atoms with Crippen LogP contribution in [0.15, 0.2) is 24.3 Å². The van der Waals surface area contributed by atoms with Crippen LogP contribution in [0.4, 0.5) is 4.79 Å². The van der Waals surface area contributed by atoms with Gasteiger partial charge >= 0.3 is 6.03 Å². The molecule has 2 aliphatic heterocycles. The molecule has 0 bridgehead atoms. The molecule has 2 amide bonds. The number of carbonyl (C=O) groups is 1. The third-order valence-electron chi connectivity index (χ3n) is 5.83. The molecule has 0 aliphatic carbocycles. The van der Waals surface area contributed by atoms with Crippen LogP contribution >= 0.6 is 0 Å². The Hall–Kier alpha value is -1.59. The summed E-state index contributed by atoms with van der Waals surface area (Å²) in [5.41, 5.74) is 2.87. The van der Waals surface area contributed by atoms with Gasteiger partial charge < -0.3 is 15.3 Å². The van der Waals surface area contributed by atoms with E-state index in [2.05, 4.69) is 41.4 Å². The molecule has 3 rings (SSSR count). The van der Waals surface area contributed by atoms with Crippen molar-refractivity contribution in [3.8, 4) is 0 Å². The lowest BCUT2D eigenvalue weighted by atomic mass is 9.98. The molecule has 0 aromatic heterocycles. The van der Waals surface area contributed by atoms with Gasteiger partial charge in [0, 0.05) is 44.7 Å². The van der Waals surface area contributed by atoms with Gasteiger partial charge in [0.05, 0.1) is 6.10 Å². The number of aliphatic hydroxyl groups excluding tert-OH is 1. The zero-order valence-electron chi connectivity index (χ0n) is 15.4. The predicted molar refractivity (Wildman–Crippen MR) is 99.4 cm³/mol. The second-order valence-corrected chi connectivity index (χ2v) is 7.47. The highest BCUT2D eigenvalue weighted by molar-refractivity contribution is 5.74. The lowest BCUT2D eigenvalue weighted by Crippen LogP contribution is -2.48. The summed E-state index contributed by atoms with van der Waals surface area (Å²) in [7, 11) is 0. The van der Waals surface area contributed by atoms with E-state index in [4.69, 9.17) is 0 Å². The molecular formula is C20H31N3O2. The van der Waals surface area contributed by atoms with E-state index < -0.39 is 0 Å². The standard InChI is InChI=1S/C20H31N3O2/c1-3-19(22-10-8-16-6-4-5-7-18(16)14-22)12-21-20(25)23-11-9-17(13-23)15(2)24/h4-7,15,17,19,24H,3,8-14H2,1-2H3,(H,21,25)/t15-,17-,19-/m1/s1. The summed E-state index contributed by atoms with van der Waals surface area (Å²) in [4.78, 5) is 16.8. The Morgan fingerprint density at radius 3 is 2.76 bits per heavy atom. The highest BCUT2D eigenvalue weighted by Crippen LogP contribution is 2.22. The van der Waals surface area contributed by atoms with Crippen molar-refractivity contribution in [3.05, 3.63) is 35.4 Å². The smallest absolute Gasteiger partial charge is 0.317 e. The average molecular weight is 345 g/mol. The highest BCUT2D eigenvalue weighted by atomic mass is 16.3. The molecule has 0 radical (unpaired) electrons. The molecule has 0 spiro atoms. The molecule has 0 unspecified atom stereocenters. The molecule has 2 heterocycles. The molecule has 5 heteroatoms. The maximum Gasteiger partial charge on any atom is 0.317 e. The minimum atomic E-state index is -0.338. The molecular weight excluding hydrogens is 314 g/mol. The van der Waals surface area contributed by atoms with Crippen molar-refractivity contribution in [3.63, 3.8) is 0 Å². The van der Waals surface area contributed by atoms with Crippen molar-refractivity contribution in [2.75, 3.05) is 26.2 Å². The van der Waals surface area contributed by atoms with Gasteiger partial charge in [-0.25, -0.2) is 4.79 Å².